The van der Waals surface area contributed by atoms with E-state index in [-0.39, 0.29) is 5.13 Å². The molecule has 0 aliphatic heterocycles. The first kappa shape index (κ1) is 13.3. The minimum absolute atomic E-state index is 0.136. The van der Waals surface area contributed by atoms with Crippen LogP contribution in [-0.4, -0.2) is 17.2 Å². The third-order valence-electron chi connectivity index (χ3n) is 2.33. The third-order valence-corrected chi connectivity index (χ3v) is 3.37. The molecule has 0 amide bonds. The molecule has 0 bridgehead atoms. The maximum absolute atomic E-state index is 12.4. The lowest BCUT2D eigenvalue weighted by atomic mass is 10.2. The van der Waals surface area contributed by atoms with Gasteiger partial charge in [-0.3, -0.25) is 0 Å². The number of alkyl halides is 3. The average molecular weight is 284 g/mol. The molecule has 1 aromatic carbocycles. The molecule has 0 aliphatic carbocycles. The largest absolute Gasteiger partial charge is 0.445 e. The van der Waals surface area contributed by atoms with Crippen molar-refractivity contribution < 1.29 is 13.2 Å². The molecular formula is C11H7F3N4S. The molecule has 0 unspecified atom stereocenters. The van der Waals surface area contributed by atoms with Crippen molar-refractivity contribution >= 4 is 22.2 Å². The summed E-state index contributed by atoms with van der Waals surface area (Å²) in [6.45, 7) is 0. The monoisotopic (exact) mass is 284 g/mol. The highest BCUT2D eigenvalue weighted by Crippen LogP contribution is 2.35. The average Bonchev–Trinajstić information content (AvgIpc) is 2.87. The van der Waals surface area contributed by atoms with Gasteiger partial charge in [0.05, 0.1) is 11.6 Å². The van der Waals surface area contributed by atoms with Crippen LogP contribution < -0.4 is 4.90 Å². The maximum atomic E-state index is 12.4. The summed E-state index contributed by atoms with van der Waals surface area (Å²) in [6.07, 6.45) is -4.48. The molecule has 0 aliphatic rings. The summed E-state index contributed by atoms with van der Waals surface area (Å²) < 4.78 is 37.3. The Kier molecular flexibility index (Phi) is 3.40. The lowest BCUT2D eigenvalue weighted by molar-refractivity contribution is -0.138. The van der Waals surface area contributed by atoms with Crippen LogP contribution in [0.4, 0.5) is 24.0 Å². The second kappa shape index (κ2) is 4.85. The first-order valence-electron chi connectivity index (χ1n) is 5.06. The van der Waals surface area contributed by atoms with Gasteiger partial charge in [-0.1, -0.05) is 11.3 Å². The van der Waals surface area contributed by atoms with Crippen molar-refractivity contribution in [2.45, 2.75) is 6.18 Å². The fourth-order valence-corrected chi connectivity index (χ4v) is 2.03. The maximum Gasteiger partial charge on any atom is 0.445 e. The second-order valence-corrected chi connectivity index (χ2v) is 4.56. The van der Waals surface area contributed by atoms with Gasteiger partial charge in [0.25, 0.3) is 0 Å². The molecule has 4 nitrogen and oxygen atoms in total. The first-order chi connectivity index (χ1) is 8.91. The van der Waals surface area contributed by atoms with Crippen LogP contribution in [0.15, 0.2) is 24.3 Å². The molecule has 1 aromatic heterocycles. The second-order valence-electron chi connectivity index (χ2n) is 3.61. The number of hydrogen-bond donors (Lipinski definition) is 0. The number of aromatic nitrogens is 2. The molecule has 0 spiro atoms. The minimum atomic E-state index is -4.48. The molecule has 1 heterocycles. The van der Waals surface area contributed by atoms with Gasteiger partial charge in [0, 0.05) is 12.7 Å². The number of rotatable bonds is 2. The Morgan fingerprint density at radius 1 is 1.21 bits per heavy atom. The van der Waals surface area contributed by atoms with Crippen molar-refractivity contribution in [1.82, 2.24) is 10.2 Å². The Morgan fingerprint density at radius 3 is 2.32 bits per heavy atom. The zero-order chi connectivity index (χ0) is 14.0. The predicted molar refractivity (Wildman–Crippen MR) is 64.1 cm³/mol. The van der Waals surface area contributed by atoms with Gasteiger partial charge in [0.2, 0.25) is 10.1 Å². The highest BCUT2D eigenvalue weighted by atomic mass is 32.1. The SMILES string of the molecule is CN(c1ccc(C#N)cc1)c1nnc(C(F)(F)F)s1. The zero-order valence-corrected chi connectivity index (χ0v) is 10.5. The van der Waals surface area contributed by atoms with E-state index in [9.17, 15) is 13.2 Å². The molecule has 0 N–H and O–H groups in total. The summed E-state index contributed by atoms with van der Waals surface area (Å²) in [5.41, 5.74) is 1.11. The van der Waals surface area contributed by atoms with Crippen molar-refractivity contribution in [3.05, 3.63) is 34.8 Å². The van der Waals surface area contributed by atoms with E-state index in [0.717, 1.165) is 0 Å². The van der Waals surface area contributed by atoms with Gasteiger partial charge in [-0.2, -0.15) is 18.4 Å². The number of halogens is 3. The van der Waals surface area contributed by atoms with E-state index < -0.39 is 11.2 Å². The Balaban J connectivity index is 2.26. The van der Waals surface area contributed by atoms with Crippen molar-refractivity contribution in [3.63, 3.8) is 0 Å². The summed E-state index contributed by atoms with van der Waals surface area (Å²) in [6, 6.07) is 8.39. The Bertz CT molecular complexity index is 612. The van der Waals surface area contributed by atoms with Crippen LogP contribution in [0.25, 0.3) is 0 Å². The van der Waals surface area contributed by atoms with Crippen molar-refractivity contribution in [3.8, 4) is 6.07 Å². The fraction of sp³-hybridized carbons (Fsp3) is 0.182. The van der Waals surface area contributed by atoms with Gasteiger partial charge >= 0.3 is 6.18 Å². The van der Waals surface area contributed by atoms with Crippen molar-refractivity contribution in [1.29, 1.82) is 5.26 Å². The molecule has 2 rings (SSSR count). The van der Waals surface area contributed by atoms with E-state index >= 15 is 0 Å². The normalized spacial score (nSPS) is 11.1. The topological polar surface area (TPSA) is 52.8 Å². The number of anilines is 2. The van der Waals surface area contributed by atoms with Gasteiger partial charge in [0.1, 0.15) is 0 Å². The van der Waals surface area contributed by atoms with E-state index in [1.54, 1.807) is 31.3 Å². The summed E-state index contributed by atoms with van der Waals surface area (Å²) >= 11 is 0.466. The molecule has 0 fully saturated rings. The standard InChI is InChI=1S/C11H7F3N4S/c1-18(8-4-2-7(6-15)3-5-8)10-17-16-9(19-10)11(12,13)14/h2-5H,1H3. The van der Waals surface area contributed by atoms with Crippen molar-refractivity contribution in [2.75, 3.05) is 11.9 Å². The minimum Gasteiger partial charge on any atom is -0.319 e. The zero-order valence-electron chi connectivity index (χ0n) is 9.64. The van der Waals surface area contributed by atoms with Crippen LogP contribution in [0.5, 0.6) is 0 Å². The summed E-state index contributed by atoms with van der Waals surface area (Å²) in [5.74, 6) is 0. The quantitative estimate of drug-likeness (QED) is 0.849. The van der Waals surface area contributed by atoms with Crippen LogP contribution >= 0.6 is 11.3 Å². The molecule has 98 valence electrons. The van der Waals surface area contributed by atoms with Crippen LogP contribution in [0.1, 0.15) is 10.6 Å². The van der Waals surface area contributed by atoms with Crippen LogP contribution in [0, 0.1) is 11.3 Å². The molecule has 2 aromatic rings. The summed E-state index contributed by atoms with van der Waals surface area (Å²) in [7, 11) is 1.59. The van der Waals surface area contributed by atoms with Crippen molar-refractivity contribution in [2.24, 2.45) is 0 Å². The highest BCUT2D eigenvalue weighted by molar-refractivity contribution is 7.15. The van der Waals surface area contributed by atoms with E-state index in [1.807, 2.05) is 6.07 Å². The smallest absolute Gasteiger partial charge is 0.319 e. The van der Waals surface area contributed by atoms with Gasteiger partial charge in [-0.15, -0.1) is 10.2 Å². The van der Waals surface area contributed by atoms with Crippen LogP contribution in [-0.2, 0) is 6.18 Å². The molecular weight excluding hydrogens is 277 g/mol. The van der Waals surface area contributed by atoms with Gasteiger partial charge in [-0.05, 0) is 24.3 Å². The number of hydrogen-bond acceptors (Lipinski definition) is 5. The highest BCUT2D eigenvalue weighted by Gasteiger charge is 2.36. The third kappa shape index (κ3) is 2.82. The molecule has 0 saturated carbocycles. The number of nitriles is 1. The Labute approximate surface area is 110 Å². The summed E-state index contributed by atoms with van der Waals surface area (Å²) in [4.78, 5) is 1.48. The van der Waals surface area contributed by atoms with E-state index in [1.165, 1.54) is 4.90 Å². The molecule has 0 atom stereocenters. The fourth-order valence-electron chi connectivity index (χ4n) is 1.34. The van der Waals surface area contributed by atoms with E-state index in [0.29, 0.717) is 22.6 Å². The van der Waals surface area contributed by atoms with E-state index in [4.69, 9.17) is 5.26 Å². The Hall–Kier alpha value is -2.14. The molecule has 19 heavy (non-hydrogen) atoms. The number of benzene rings is 1. The predicted octanol–water partition coefficient (Wildman–Crippen LogP) is 3.20. The van der Waals surface area contributed by atoms with Gasteiger partial charge in [0.15, 0.2) is 0 Å². The lowest BCUT2D eigenvalue weighted by Gasteiger charge is -2.14. The first-order valence-corrected chi connectivity index (χ1v) is 5.88. The Morgan fingerprint density at radius 2 is 1.84 bits per heavy atom. The molecule has 0 radical (unpaired) electrons. The lowest BCUT2D eigenvalue weighted by Crippen LogP contribution is -2.08. The van der Waals surface area contributed by atoms with E-state index in [2.05, 4.69) is 10.2 Å². The molecule has 8 heteroatoms. The van der Waals surface area contributed by atoms with Crippen LogP contribution in [0.2, 0.25) is 0 Å². The van der Waals surface area contributed by atoms with Gasteiger partial charge in [-0.25, -0.2) is 0 Å². The van der Waals surface area contributed by atoms with Gasteiger partial charge < -0.3 is 4.90 Å². The summed E-state index contributed by atoms with van der Waals surface area (Å²) in [5, 5.41) is 14.4. The number of nitrogens with zero attached hydrogens (tertiary/aromatic N) is 4. The van der Waals surface area contributed by atoms with Crippen LogP contribution in [0.3, 0.4) is 0 Å². The molecule has 0 saturated heterocycles.